The Balaban J connectivity index is 2.39. The second-order valence-corrected chi connectivity index (χ2v) is 8.83. The molecule has 0 atom stereocenters. The number of rotatable bonds is 7. The number of ether oxygens (including phenoxy) is 3. The van der Waals surface area contributed by atoms with Crippen molar-refractivity contribution < 1.29 is 28.6 Å². The van der Waals surface area contributed by atoms with Crippen LogP contribution in [0.25, 0.3) is 10.9 Å². The molecule has 1 heterocycles. The van der Waals surface area contributed by atoms with E-state index in [0.29, 0.717) is 17.0 Å². The first-order valence-corrected chi connectivity index (χ1v) is 11.5. The molecule has 0 aliphatic heterocycles. The van der Waals surface area contributed by atoms with Crippen LogP contribution in [-0.4, -0.2) is 36.6 Å². The van der Waals surface area contributed by atoms with Crippen molar-refractivity contribution in [2.75, 3.05) is 19.1 Å². The third-order valence-electron chi connectivity index (χ3n) is 5.69. The van der Waals surface area contributed by atoms with Crippen molar-refractivity contribution in [3.8, 4) is 17.2 Å². The van der Waals surface area contributed by atoms with E-state index >= 15 is 0 Å². The Bertz CT molecular complexity index is 1370. The fraction of sp³-hybridized carbons (Fsp3) is 0.333. The smallest absolute Gasteiger partial charge is 0.313 e. The second-order valence-electron chi connectivity index (χ2n) is 8.83. The molecule has 9 nitrogen and oxygen atoms in total. The molecule has 0 N–H and O–H groups in total. The van der Waals surface area contributed by atoms with Crippen molar-refractivity contribution in [2.24, 2.45) is 18.9 Å². The van der Waals surface area contributed by atoms with Crippen molar-refractivity contribution >= 4 is 34.4 Å². The Morgan fingerprint density at radius 2 is 1.53 bits per heavy atom. The number of esters is 1. The summed E-state index contributed by atoms with van der Waals surface area (Å²) in [6.45, 7) is 6.56. The molecule has 0 saturated heterocycles. The molecular weight excluding hydrogens is 464 g/mol. The Labute approximate surface area is 209 Å². The summed E-state index contributed by atoms with van der Waals surface area (Å²) >= 11 is 0. The van der Waals surface area contributed by atoms with Gasteiger partial charge in [0.05, 0.1) is 36.7 Å². The van der Waals surface area contributed by atoms with Gasteiger partial charge in [0.1, 0.15) is 17.1 Å². The number of hydrogen-bond donors (Lipinski definition) is 0. The number of hydrogen-bond acceptors (Lipinski definition) is 7. The zero-order valence-corrected chi connectivity index (χ0v) is 21.4. The van der Waals surface area contributed by atoms with Gasteiger partial charge in [-0.25, -0.2) is 4.90 Å². The van der Waals surface area contributed by atoms with Gasteiger partial charge >= 0.3 is 5.97 Å². The normalized spacial score (nSPS) is 11.0. The molecule has 0 radical (unpaired) electrons. The van der Waals surface area contributed by atoms with E-state index in [0.717, 1.165) is 4.90 Å². The summed E-state index contributed by atoms with van der Waals surface area (Å²) in [5.74, 6) is -2.63. The molecule has 0 aliphatic rings. The summed E-state index contributed by atoms with van der Waals surface area (Å²) in [4.78, 5) is 54.5. The molecule has 0 unspecified atom stereocenters. The van der Waals surface area contributed by atoms with E-state index in [9.17, 15) is 19.2 Å². The van der Waals surface area contributed by atoms with Crippen LogP contribution in [-0.2, 0) is 16.6 Å². The average Bonchev–Trinajstić information content (AvgIpc) is 2.86. The van der Waals surface area contributed by atoms with Gasteiger partial charge in [0.15, 0.2) is 5.75 Å². The zero-order chi connectivity index (χ0) is 26.7. The Morgan fingerprint density at radius 1 is 0.889 bits per heavy atom. The molecular formula is C27H30N2O7. The monoisotopic (exact) mass is 494 g/mol. The molecule has 0 aliphatic carbocycles. The Kier molecular flexibility index (Phi) is 7.82. The predicted octanol–water partition coefficient (Wildman–Crippen LogP) is 3.95. The highest BCUT2D eigenvalue weighted by Gasteiger charge is 2.34. The molecule has 36 heavy (non-hydrogen) atoms. The number of pyridine rings is 1. The van der Waals surface area contributed by atoms with Crippen LogP contribution in [0.15, 0.2) is 47.3 Å². The summed E-state index contributed by atoms with van der Waals surface area (Å²) in [5, 5.41) is 0.270. The Hall–Kier alpha value is -4.14. The quantitative estimate of drug-likeness (QED) is 0.458. The lowest BCUT2D eigenvalue weighted by molar-refractivity contribution is -0.137. The van der Waals surface area contributed by atoms with Crippen molar-refractivity contribution in [2.45, 2.75) is 27.7 Å². The number of carbonyl (C=O) groups is 3. The molecule has 0 spiro atoms. The van der Waals surface area contributed by atoms with Gasteiger partial charge in [0, 0.05) is 13.0 Å². The van der Waals surface area contributed by atoms with E-state index < -0.39 is 40.7 Å². The van der Waals surface area contributed by atoms with Crippen LogP contribution in [0.1, 0.15) is 38.1 Å². The molecule has 1 aromatic heterocycles. The van der Waals surface area contributed by atoms with E-state index in [2.05, 4.69) is 0 Å². The van der Waals surface area contributed by atoms with E-state index in [1.807, 2.05) is 0 Å². The number of methoxy groups -OCH3 is 2. The lowest BCUT2D eigenvalue weighted by atomic mass is 10.1. The largest absolute Gasteiger partial charge is 0.497 e. The molecule has 2 aromatic carbocycles. The third-order valence-corrected chi connectivity index (χ3v) is 5.69. The van der Waals surface area contributed by atoms with E-state index in [-0.39, 0.29) is 16.8 Å². The van der Waals surface area contributed by atoms with E-state index in [1.54, 1.807) is 70.2 Å². The van der Waals surface area contributed by atoms with Gasteiger partial charge in [-0.15, -0.1) is 0 Å². The third kappa shape index (κ3) is 4.82. The summed E-state index contributed by atoms with van der Waals surface area (Å²) in [7, 11) is 4.43. The fourth-order valence-corrected chi connectivity index (χ4v) is 3.65. The highest BCUT2D eigenvalue weighted by Crippen LogP contribution is 2.37. The minimum atomic E-state index is -0.918. The van der Waals surface area contributed by atoms with Gasteiger partial charge in [0.2, 0.25) is 5.91 Å². The van der Waals surface area contributed by atoms with Gasteiger partial charge in [-0.3, -0.25) is 19.2 Å². The van der Waals surface area contributed by atoms with Gasteiger partial charge in [-0.2, -0.15) is 0 Å². The molecule has 3 aromatic rings. The van der Waals surface area contributed by atoms with Crippen molar-refractivity contribution in [1.29, 1.82) is 0 Å². The number of amides is 2. The fourth-order valence-electron chi connectivity index (χ4n) is 3.65. The van der Waals surface area contributed by atoms with Crippen LogP contribution in [0.3, 0.4) is 0 Å². The maximum atomic E-state index is 14.1. The van der Waals surface area contributed by atoms with Crippen molar-refractivity contribution in [3.05, 3.63) is 58.4 Å². The van der Waals surface area contributed by atoms with Crippen LogP contribution >= 0.6 is 0 Å². The maximum absolute atomic E-state index is 14.1. The first kappa shape index (κ1) is 26.5. The van der Waals surface area contributed by atoms with Gasteiger partial charge in [0.25, 0.3) is 11.5 Å². The Morgan fingerprint density at radius 3 is 2.06 bits per heavy atom. The van der Waals surface area contributed by atoms with Crippen LogP contribution in [0.2, 0.25) is 0 Å². The van der Waals surface area contributed by atoms with Gasteiger partial charge < -0.3 is 18.8 Å². The van der Waals surface area contributed by atoms with Gasteiger partial charge in [-0.1, -0.05) is 33.8 Å². The summed E-state index contributed by atoms with van der Waals surface area (Å²) in [6, 6.07) is 11.3. The molecule has 2 amide bonds. The summed E-state index contributed by atoms with van der Waals surface area (Å²) in [6.07, 6.45) is 0. The first-order chi connectivity index (χ1) is 17.0. The van der Waals surface area contributed by atoms with Crippen LogP contribution < -0.4 is 24.7 Å². The summed E-state index contributed by atoms with van der Waals surface area (Å²) < 4.78 is 17.6. The SMILES string of the molecule is COc1ccc(N(C(=O)c2c(OC(=O)C(C)C)c3c(OC)cccc3n(C)c2=O)C(=O)C(C)C)cc1. The lowest BCUT2D eigenvalue weighted by Gasteiger charge is -2.25. The maximum Gasteiger partial charge on any atom is 0.313 e. The number of aryl methyl sites for hydroxylation is 1. The van der Waals surface area contributed by atoms with E-state index in [4.69, 9.17) is 14.2 Å². The van der Waals surface area contributed by atoms with E-state index in [1.165, 1.54) is 25.8 Å². The molecule has 190 valence electrons. The number of fused-ring (bicyclic) bond motifs is 1. The molecule has 3 rings (SSSR count). The number of anilines is 1. The topological polar surface area (TPSA) is 104 Å². The minimum absolute atomic E-state index is 0.239. The number of benzene rings is 2. The van der Waals surface area contributed by atoms with Crippen LogP contribution in [0.5, 0.6) is 17.2 Å². The number of imide groups is 1. The average molecular weight is 495 g/mol. The molecule has 0 bridgehead atoms. The predicted molar refractivity (Wildman–Crippen MR) is 136 cm³/mol. The number of aromatic nitrogens is 1. The minimum Gasteiger partial charge on any atom is -0.497 e. The first-order valence-electron chi connectivity index (χ1n) is 11.5. The lowest BCUT2D eigenvalue weighted by Crippen LogP contribution is -2.43. The highest BCUT2D eigenvalue weighted by atomic mass is 16.5. The van der Waals surface area contributed by atoms with Gasteiger partial charge in [-0.05, 0) is 36.4 Å². The number of carbonyl (C=O) groups excluding carboxylic acids is 3. The van der Waals surface area contributed by atoms with Crippen LogP contribution in [0, 0.1) is 11.8 Å². The standard InChI is InChI=1S/C27H30N2O7/c1-15(2)24(30)29(17-11-13-18(34-6)14-12-17)26(32)22-23(36-27(33)16(3)4)21-19(28(5)25(22)31)9-8-10-20(21)35-7/h8-16H,1-7H3. The number of nitrogens with zero attached hydrogens (tertiary/aromatic N) is 2. The summed E-state index contributed by atoms with van der Waals surface area (Å²) in [5.41, 5.74) is -0.535. The molecule has 9 heteroatoms. The second kappa shape index (κ2) is 10.6. The molecule has 0 fully saturated rings. The van der Waals surface area contributed by atoms with Crippen LogP contribution in [0.4, 0.5) is 5.69 Å². The molecule has 0 saturated carbocycles. The zero-order valence-electron chi connectivity index (χ0n) is 21.4. The highest BCUT2D eigenvalue weighted by molar-refractivity contribution is 6.23. The van der Waals surface area contributed by atoms with Crippen molar-refractivity contribution in [1.82, 2.24) is 4.57 Å². The van der Waals surface area contributed by atoms with Crippen molar-refractivity contribution in [3.63, 3.8) is 0 Å².